The second-order valence-corrected chi connectivity index (χ2v) is 5.17. The summed E-state index contributed by atoms with van der Waals surface area (Å²) in [5.74, 6) is -0.140. The summed E-state index contributed by atoms with van der Waals surface area (Å²) < 4.78 is 13.5. The van der Waals surface area contributed by atoms with Crippen LogP contribution in [0.15, 0.2) is 30.9 Å². The first-order valence-electron chi connectivity index (χ1n) is 7.04. The third-order valence-electron chi connectivity index (χ3n) is 3.84. The van der Waals surface area contributed by atoms with Crippen molar-refractivity contribution in [2.24, 2.45) is 0 Å². The Hall–Kier alpha value is -1.19. The molecule has 0 radical (unpaired) electrons. The minimum absolute atomic E-state index is 0.140. The Balaban J connectivity index is 2.24. The van der Waals surface area contributed by atoms with Crippen molar-refractivity contribution in [2.75, 3.05) is 26.2 Å². The molecule has 0 saturated carbocycles. The molecule has 0 aliphatic carbocycles. The Morgan fingerprint density at radius 1 is 1.42 bits per heavy atom. The number of allylic oxidation sites excluding steroid dienone is 1. The van der Waals surface area contributed by atoms with Crippen LogP contribution in [0.4, 0.5) is 4.39 Å². The van der Waals surface area contributed by atoms with E-state index < -0.39 is 0 Å². The number of piperazine rings is 1. The quantitative estimate of drug-likeness (QED) is 0.821. The number of nitrogens with zero attached hydrogens (tertiary/aromatic N) is 1. The lowest BCUT2D eigenvalue weighted by Gasteiger charge is -2.36. The number of aryl methyl sites for hydroxylation is 1. The first kappa shape index (κ1) is 14.2. The summed E-state index contributed by atoms with van der Waals surface area (Å²) in [4.78, 5) is 2.46. The maximum atomic E-state index is 13.5. The number of nitrogens with one attached hydrogen (secondary N) is 1. The standard InChI is InChI=1S/C16H23FN2/c1-3-4-5-16(19-10-8-18-9-11-19)15-12-14(17)7-6-13(15)2/h3,6-7,12,16,18H,1,4-5,8-11H2,2H3/t16-/m0/s1. The van der Waals surface area contributed by atoms with Gasteiger partial charge in [0.05, 0.1) is 0 Å². The minimum Gasteiger partial charge on any atom is -0.314 e. The van der Waals surface area contributed by atoms with Gasteiger partial charge in [-0.25, -0.2) is 4.39 Å². The second-order valence-electron chi connectivity index (χ2n) is 5.17. The van der Waals surface area contributed by atoms with Gasteiger partial charge in [-0.15, -0.1) is 6.58 Å². The third kappa shape index (κ3) is 3.64. The van der Waals surface area contributed by atoms with Crippen molar-refractivity contribution in [3.8, 4) is 0 Å². The molecule has 0 amide bonds. The average molecular weight is 262 g/mol. The molecule has 0 unspecified atom stereocenters. The second kappa shape index (κ2) is 6.83. The molecular formula is C16H23FN2. The van der Waals surface area contributed by atoms with Crippen LogP contribution < -0.4 is 5.32 Å². The van der Waals surface area contributed by atoms with Crippen LogP contribution >= 0.6 is 0 Å². The van der Waals surface area contributed by atoms with Crippen LogP contribution in [0.3, 0.4) is 0 Å². The van der Waals surface area contributed by atoms with Crippen molar-refractivity contribution in [3.05, 3.63) is 47.8 Å². The molecule has 1 heterocycles. The Labute approximate surface area is 115 Å². The first-order chi connectivity index (χ1) is 9.22. The maximum Gasteiger partial charge on any atom is 0.123 e. The zero-order chi connectivity index (χ0) is 13.7. The van der Waals surface area contributed by atoms with Crippen molar-refractivity contribution in [1.82, 2.24) is 10.2 Å². The molecule has 1 aromatic rings. The molecule has 1 fully saturated rings. The zero-order valence-corrected chi connectivity index (χ0v) is 11.7. The van der Waals surface area contributed by atoms with E-state index in [0.717, 1.165) is 44.6 Å². The highest BCUT2D eigenvalue weighted by Gasteiger charge is 2.23. The van der Waals surface area contributed by atoms with Crippen LogP contribution in [-0.4, -0.2) is 31.1 Å². The predicted molar refractivity (Wildman–Crippen MR) is 77.8 cm³/mol. The van der Waals surface area contributed by atoms with Gasteiger partial charge in [-0.05, 0) is 43.0 Å². The SMILES string of the molecule is C=CCC[C@@H](c1cc(F)ccc1C)N1CCNCC1. The number of hydrogen-bond acceptors (Lipinski definition) is 2. The summed E-state index contributed by atoms with van der Waals surface area (Å²) in [6, 6.07) is 5.43. The third-order valence-corrected chi connectivity index (χ3v) is 3.84. The van der Waals surface area contributed by atoms with Crippen molar-refractivity contribution < 1.29 is 4.39 Å². The molecule has 1 aromatic carbocycles. The molecular weight excluding hydrogens is 239 g/mol. The lowest BCUT2D eigenvalue weighted by Crippen LogP contribution is -2.45. The molecule has 0 spiro atoms. The predicted octanol–water partition coefficient (Wildman–Crippen LogP) is 3.05. The molecule has 0 bridgehead atoms. The molecule has 3 heteroatoms. The van der Waals surface area contributed by atoms with E-state index in [1.807, 2.05) is 12.1 Å². The lowest BCUT2D eigenvalue weighted by atomic mass is 9.95. The Morgan fingerprint density at radius 2 is 2.16 bits per heavy atom. The van der Waals surface area contributed by atoms with E-state index in [9.17, 15) is 4.39 Å². The molecule has 1 aliphatic rings. The number of rotatable bonds is 5. The van der Waals surface area contributed by atoms with E-state index in [1.165, 1.54) is 5.56 Å². The zero-order valence-electron chi connectivity index (χ0n) is 11.7. The number of hydrogen-bond donors (Lipinski definition) is 1. The average Bonchev–Trinajstić information content (AvgIpc) is 2.44. The fourth-order valence-electron chi connectivity index (χ4n) is 2.77. The highest BCUT2D eigenvalue weighted by atomic mass is 19.1. The number of halogens is 1. The minimum atomic E-state index is -0.140. The molecule has 1 atom stereocenters. The number of benzene rings is 1. The summed E-state index contributed by atoms with van der Waals surface area (Å²) in [5, 5.41) is 3.37. The summed E-state index contributed by atoms with van der Waals surface area (Å²) in [7, 11) is 0. The molecule has 1 saturated heterocycles. The largest absolute Gasteiger partial charge is 0.314 e. The highest BCUT2D eigenvalue weighted by Crippen LogP contribution is 2.29. The van der Waals surface area contributed by atoms with Gasteiger partial charge in [-0.3, -0.25) is 4.90 Å². The van der Waals surface area contributed by atoms with Gasteiger partial charge in [0.1, 0.15) is 5.82 Å². The topological polar surface area (TPSA) is 15.3 Å². The summed E-state index contributed by atoms with van der Waals surface area (Å²) >= 11 is 0. The van der Waals surface area contributed by atoms with Gasteiger partial charge < -0.3 is 5.32 Å². The van der Waals surface area contributed by atoms with Crippen molar-refractivity contribution >= 4 is 0 Å². The monoisotopic (exact) mass is 262 g/mol. The van der Waals surface area contributed by atoms with Crippen molar-refractivity contribution in [2.45, 2.75) is 25.8 Å². The molecule has 1 aliphatic heterocycles. The van der Waals surface area contributed by atoms with Gasteiger partial charge in [0.15, 0.2) is 0 Å². The van der Waals surface area contributed by atoms with Crippen LogP contribution in [0.5, 0.6) is 0 Å². The van der Waals surface area contributed by atoms with E-state index in [2.05, 4.69) is 23.7 Å². The Bertz CT molecular complexity index is 425. The Kier molecular flexibility index (Phi) is 5.11. The highest BCUT2D eigenvalue weighted by molar-refractivity contribution is 5.30. The van der Waals surface area contributed by atoms with Crippen LogP contribution in [0, 0.1) is 12.7 Å². The summed E-state index contributed by atoms with van der Waals surface area (Å²) in [6.07, 6.45) is 3.92. The van der Waals surface area contributed by atoms with Crippen molar-refractivity contribution in [1.29, 1.82) is 0 Å². The molecule has 1 N–H and O–H groups in total. The lowest BCUT2D eigenvalue weighted by molar-refractivity contribution is 0.165. The summed E-state index contributed by atoms with van der Waals surface area (Å²) in [5.41, 5.74) is 2.30. The van der Waals surface area contributed by atoms with Crippen LogP contribution in [0.25, 0.3) is 0 Å². The van der Waals surface area contributed by atoms with Gasteiger partial charge in [0, 0.05) is 32.2 Å². The first-order valence-corrected chi connectivity index (χ1v) is 7.04. The molecule has 2 nitrogen and oxygen atoms in total. The van der Waals surface area contributed by atoms with Gasteiger partial charge in [0.25, 0.3) is 0 Å². The van der Waals surface area contributed by atoms with Gasteiger partial charge in [0.2, 0.25) is 0 Å². The van der Waals surface area contributed by atoms with E-state index in [4.69, 9.17) is 0 Å². The van der Waals surface area contributed by atoms with E-state index in [-0.39, 0.29) is 5.82 Å². The smallest absolute Gasteiger partial charge is 0.123 e. The molecule has 104 valence electrons. The molecule has 19 heavy (non-hydrogen) atoms. The van der Waals surface area contributed by atoms with Crippen LogP contribution in [0.2, 0.25) is 0 Å². The van der Waals surface area contributed by atoms with Gasteiger partial charge >= 0.3 is 0 Å². The van der Waals surface area contributed by atoms with Gasteiger partial charge in [-0.1, -0.05) is 12.1 Å². The van der Waals surface area contributed by atoms with Crippen molar-refractivity contribution in [3.63, 3.8) is 0 Å². The fraction of sp³-hybridized carbons (Fsp3) is 0.500. The Morgan fingerprint density at radius 3 is 2.84 bits per heavy atom. The van der Waals surface area contributed by atoms with Crippen LogP contribution in [0.1, 0.15) is 30.0 Å². The van der Waals surface area contributed by atoms with E-state index in [0.29, 0.717) is 6.04 Å². The van der Waals surface area contributed by atoms with Crippen LogP contribution in [-0.2, 0) is 0 Å². The van der Waals surface area contributed by atoms with E-state index in [1.54, 1.807) is 12.1 Å². The molecule has 2 rings (SSSR count). The fourth-order valence-corrected chi connectivity index (χ4v) is 2.77. The van der Waals surface area contributed by atoms with E-state index >= 15 is 0 Å². The maximum absolute atomic E-state index is 13.5. The summed E-state index contributed by atoms with van der Waals surface area (Å²) in [6.45, 7) is 9.95. The molecule has 0 aromatic heterocycles. The normalized spacial score (nSPS) is 18.2. The van der Waals surface area contributed by atoms with Gasteiger partial charge in [-0.2, -0.15) is 0 Å².